The molecule has 1 aliphatic rings. The standard InChI is InChI=1S/C35H30O10/c36-27-26(21-42-32(38)22-13-5-1-6-14-22)29(43-33(39)23-15-7-2-8-16-23)31(45-35(41)25-19-11-4-12-20-25)30(28(27)37)44-34(40)24-17-9-3-10-18-24/h1-20,26-31,36-37H,21H2/t26-,27+,28+,29-,30-,31-/m0/s1. The molecule has 1 fully saturated rings. The van der Waals surface area contributed by atoms with E-state index in [1.807, 2.05) is 0 Å². The van der Waals surface area contributed by atoms with Crippen molar-refractivity contribution in [1.82, 2.24) is 0 Å². The second kappa shape index (κ2) is 14.4. The van der Waals surface area contributed by atoms with Crippen LogP contribution in [-0.4, -0.2) is 71.2 Å². The minimum atomic E-state index is -1.83. The van der Waals surface area contributed by atoms with Gasteiger partial charge in [0.1, 0.15) is 12.7 Å². The predicted molar refractivity (Wildman–Crippen MR) is 159 cm³/mol. The molecule has 0 radical (unpaired) electrons. The number of aliphatic hydroxyl groups excluding tert-OH is 2. The molecule has 230 valence electrons. The summed E-state index contributed by atoms with van der Waals surface area (Å²) in [5.74, 6) is -4.64. The zero-order chi connectivity index (χ0) is 31.8. The van der Waals surface area contributed by atoms with Gasteiger partial charge in [-0.05, 0) is 48.5 Å². The van der Waals surface area contributed by atoms with Crippen molar-refractivity contribution >= 4 is 23.9 Å². The maximum atomic E-state index is 13.3. The molecule has 4 aromatic rings. The summed E-state index contributed by atoms with van der Waals surface area (Å²) in [5, 5.41) is 22.6. The van der Waals surface area contributed by atoms with Crippen molar-refractivity contribution in [3.05, 3.63) is 144 Å². The van der Waals surface area contributed by atoms with Gasteiger partial charge < -0.3 is 29.2 Å². The Morgan fingerprint density at radius 1 is 0.444 bits per heavy atom. The first-order valence-electron chi connectivity index (χ1n) is 14.2. The first kappa shape index (κ1) is 31.1. The van der Waals surface area contributed by atoms with Crippen LogP contribution in [0.1, 0.15) is 41.4 Å². The second-order valence-corrected chi connectivity index (χ2v) is 10.3. The highest BCUT2D eigenvalue weighted by Crippen LogP contribution is 2.35. The van der Waals surface area contributed by atoms with Crippen LogP contribution in [0.5, 0.6) is 0 Å². The molecular weight excluding hydrogens is 580 g/mol. The molecule has 10 nitrogen and oxygen atoms in total. The SMILES string of the molecule is O=C(OC[C@H]1[C@@H](O)[C@@H](O)[C@H](OC(=O)c2ccccc2)[C@@H](OC(=O)c2ccccc2)[C@H]1OC(=O)c1ccccc1)c1ccccc1. The molecule has 0 amide bonds. The molecule has 0 aromatic heterocycles. The third-order valence-corrected chi connectivity index (χ3v) is 7.37. The number of carbonyl (C=O) groups is 4. The van der Waals surface area contributed by atoms with E-state index in [0.29, 0.717) is 0 Å². The Bertz CT molecular complexity index is 1600. The van der Waals surface area contributed by atoms with E-state index in [1.54, 1.807) is 72.8 Å². The molecule has 1 aliphatic carbocycles. The normalized spacial score (nSPS) is 22.4. The number of hydrogen-bond donors (Lipinski definition) is 2. The lowest BCUT2D eigenvalue weighted by atomic mass is 9.78. The van der Waals surface area contributed by atoms with Gasteiger partial charge in [-0.1, -0.05) is 72.8 Å². The van der Waals surface area contributed by atoms with Gasteiger partial charge in [0.05, 0.1) is 34.3 Å². The molecule has 0 unspecified atom stereocenters. The average molecular weight is 611 g/mol. The summed E-state index contributed by atoms with van der Waals surface area (Å²) in [7, 11) is 0. The van der Waals surface area contributed by atoms with Gasteiger partial charge in [-0.3, -0.25) is 0 Å². The van der Waals surface area contributed by atoms with Crippen LogP contribution in [0, 0.1) is 5.92 Å². The number of ether oxygens (including phenoxy) is 4. The number of rotatable bonds is 9. The van der Waals surface area contributed by atoms with Crippen molar-refractivity contribution in [1.29, 1.82) is 0 Å². The Hall–Kier alpha value is -5.32. The third kappa shape index (κ3) is 7.43. The van der Waals surface area contributed by atoms with E-state index >= 15 is 0 Å². The van der Waals surface area contributed by atoms with E-state index in [1.165, 1.54) is 48.5 Å². The predicted octanol–water partition coefficient (Wildman–Crippen LogP) is 3.87. The average Bonchev–Trinajstić information content (AvgIpc) is 3.09. The van der Waals surface area contributed by atoms with Crippen LogP contribution in [0.25, 0.3) is 0 Å². The molecule has 1 saturated carbocycles. The quantitative estimate of drug-likeness (QED) is 0.212. The van der Waals surface area contributed by atoms with Gasteiger partial charge in [-0.25, -0.2) is 19.2 Å². The van der Waals surface area contributed by atoms with Gasteiger partial charge in [0.2, 0.25) is 0 Å². The number of esters is 4. The summed E-state index contributed by atoms with van der Waals surface area (Å²) in [6.07, 6.45) is -8.44. The van der Waals surface area contributed by atoms with Crippen LogP contribution >= 0.6 is 0 Å². The highest BCUT2D eigenvalue weighted by atomic mass is 16.6. The maximum Gasteiger partial charge on any atom is 0.338 e. The molecule has 0 bridgehead atoms. The summed E-state index contributed by atoms with van der Waals surface area (Å²) in [6, 6.07) is 31.8. The monoisotopic (exact) mass is 610 g/mol. The lowest BCUT2D eigenvalue weighted by Crippen LogP contribution is -2.65. The molecule has 45 heavy (non-hydrogen) atoms. The van der Waals surface area contributed by atoms with Crippen LogP contribution < -0.4 is 0 Å². The summed E-state index contributed by atoms with van der Waals surface area (Å²) in [5.41, 5.74) is 0.627. The van der Waals surface area contributed by atoms with E-state index in [4.69, 9.17) is 18.9 Å². The number of benzene rings is 4. The Morgan fingerprint density at radius 3 is 1.18 bits per heavy atom. The highest BCUT2D eigenvalue weighted by Gasteiger charge is 2.56. The molecule has 0 spiro atoms. The molecule has 6 atom stereocenters. The third-order valence-electron chi connectivity index (χ3n) is 7.37. The summed E-state index contributed by atoms with van der Waals surface area (Å²) < 4.78 is 22.8. The van der Waals surface area contributed by atoms with Crippen molar-refractivity contribution in [3.63, 3.8) is 0 Å². The van der Waals surface area contributed by atoms with Crippen molar-refractivity contribution in [2.24, 2.45) is 5.92 Å². The first-order valence-corrected chi connectivity index (χ1v) is 14.2. The van der Waals surface area contributed by atoms with Crippen molar-refractivity contribution < 1.29 is 48.3 Å². The molecule has 0 heterocycles. The molecule has 5 rings (SSSR count). The van der Waals surface area contributed by atoms with Gasteiger partial charge in [0.15, 0.2) is 18.3 Å². The maximum absolute atomic E-state index is 13.3. The molecule has 4 aromatic carbocycles. The number of hydrogen-bond acceptors (Lipinski definition) is 10. The van der Waals surface area contributed by atoms with E-state index in [2.05, 4.69) is 0 Å². The number of carbonyl (C=O) groups excluding carboxylic acids is 4. The Balaban J connectivity index is 1.51. The summed E-state index contributed by atoms with van der Waals surface area (Å²) >= 11 is 0. The van der Waals surface area contributed by atoms with E-state index in [9.17, 15) is 29.4 Å². The summed E-state index contributed by atoms with van der Waals surface area (Å²) in [4.78, 5) is 52.6. The van der Waals surface area contributed by atoms with E-state index in [-0.39, 0.29) is 22.3 Å². The lowest BCUT2D eigenvalue weighted by molar-refractivity contribution is -0.210. The van der Waals surface area contributed by atoms with Gasteiger partial charge >= 0.3 is 23.9 Å². The highest BCUT2D eigenvalue weighted by molar-refractivity contribution is 5.91. The largest absolute Gasteiger partial charge is 0.462 e. The summed E-state index contributed by atoms with van der Waals surface area (Å²) in [6.45, 7) is -0.544. The number of aliphatic hydroxyl groups is 2. The van der Waals surface area contributed by atoms with Crippen LogP contribution in [0.3, 0.4) is 0 Å². The molecule has 2 N–H and O–H groups in total. The topological polar surface area (TPSA) is 146 Å². The van der Waals surface area contributed by atoms with E-state index in [0.717, 1.165) is 0 Å². The fourth-order valence-corrected chi connectivity index (χ4v) is 5.01. The molecular formula is C35H30O10. The minimum Gasteiger partial charge on any atom is -0.462 e. The lowest BCUT2D eigenvalue weighted by Gasteiger charge is -2.45. The van der Waals surface area contributed by atoms with Crippen molar-refractivity contribution in [3.8, 4) is 0 Å². The Labute approximate surface area is 258 Å². The van der Waals surface area contributed by atoms with E-state index < -0.39 is 66.9 Å². The van der Waals surface area contributed by atoms with Gasteiger partial charge in [0, 0.05) is 0 Å². The minimum absolute atomic E-state index is 0.129. The van der Waals surface area contributed by atoms with Crippen LogP contribution in [0.2, 0.25) is 0 Å². The fraction of sp³-hybridized carbons (Fsp3) is 0.200. The zero-order valence-electron chi connectivity index (χ0n) is 23.9. The van der Waals surface area contributed by atoms with Crippen LogP contribution in [-0.2, 0) is 18.9 Å². The van der Waals surface area contributed by atoms with Crippen molar-refractivity contribution in [2.75, 3.05) is 6.61 Å². The molecule has 0 saturated heterocycles. The Morgan fingerprint density at radius 2 is 0.778 bits per heavy atom. The van der Waals surface area contributed by atoms with Crippen molar-refractivity contribution in [2.45, 2.75) is 30.5 Å². The Kier molecular flexibility index (Phi) is 9.98. The molecule has 0 aliphatic heterocycles. The fourth-order valence-electron chi connectivity index (χ4n) is 5.01. The second-order valence-electron chi connectivity index (χ2n) is 10.3. The van der Waals surface area contributed by atoms with Gasteiger partial charge in [-0.15, -0.1) is 0 Å². The smallest absolute Gasteiger partial charge is 0.338 e. The van der Waals surface area contributed by atoms with Gasteiger partial charge in [-0.2, -0.15) is 0 Å². The molecule has 10 heteroatoms. The van der Waals surface area contributed by atoms with Gasteiger partial charge in [0.25, 0.3) is 0 Å². The first-order chi connectivity index (χ1) is 21.8. The van der Waals surface area contributed by atoms with Crippen LogP contribution in [0.15, 0.2) is 121 Å². The zero-order valence-corrected chi connectivity index (χ0v) is 23.9. The van der Waals surface area contributed by atoms with Crippen LogP contribution in [0.4, 0.5) is 0 Å².